The van der Waals surface area contributed by atoms with Gasteiger partial charge in [-0.1, -0.05) is 29.8 Å². The van der Waals surface area contributed by atoms with Gasteiger partial charge in [-0.25, -0.2) is 4.79 Å². The van der Waals surface area contributed by atoms with Crippen molar-refractivity contribution < 1.29 is 9.90 Å². The lowest BCUT2D eigenvalue weighted by molar-refractivity contribution is 0.0687. The van der Waals surface area contributed by atoms with Gasteiger partial charge < -0.3 is 5.11 Å². The number of aromatic amines is 1. The van der Waals surface area contributed by atoms with Crippen molar-refractivity contribution in [3.8, 4) is 0 Å². The average molecular weight is 299 g/mol. The van der Waals surface area contributed by atoms with Gasteiger partial charge in [-0.3, -0.25) is 10.00 Å². The lowest BCUT2D eigenvalue weighted by Gasteiger charge is -2.33. The average Bonchev–Trinajstić information content (AvgIpc) is 2.96. The third-order valence-corrected chi connectivity index (χ3v) is 4.34. The molecule has 0 saturated carbocycles. The maximum absolute atomic E-state index is 11.2. The molecule has 2 heterocycles. The number of hydrogen-bond acceptors (Lipinski definition) is 3. The molecule has 1 aliphatic heterocycles. The summed E-state index contributed by atoms with van der Waals surface area (Å²) in [7, 11) is 0. The molecule has 0 spiro atoms. The van der Waals surface area contributed by atoms with Crippen LogP contribution in [0, 0.1) is 6.92 Å². The van der Waals surface area contributed by atoms with Crippen molar-refractivity contribution >= 4 is 5.97 Å². The summed E-state index contributed by atoms with van der Waals surface area (Å²) in [5, 5.41) is 15.6. The van der Waals surface area contributed by atoms with Crippen molar-refractivity contribution in [2.45, 2.75) is 32.2 Å². The number of nitrogens with zero attached hydrogens (tertiary/aromatic N) is 2. The van der Waals surface area contributed by atoms with Crippen LogP contribution in [0.5, 0.6) is 0 Å². The van der Waals surface area contributed by atoms with Gasteiger partial charge in [0.05, 0.1) is 6.20 Å². The van der Waals surface area contributed by atoms with Crippen molar-refractivity contribution in [3.63, 3.8) is 0 Å². The normalized spacial score (nSPS) is 19.2. The number of aromatic nitrogens is 2. The van der Waals surface area contributed by atoms with Gasteiger partial charge in [-0.05, 0) is 37.8 Å². The van der Waals surface area contributed by atoms with Crippen LogP contribution < -0.4 is 0 Å². The first kappa shape index (κ1) is 14.8. The predicted octanol–water partition coefficient (Wildman–Crippen LogP) is 2.80. The maximum atomic E-state index is 11.2. The van der Waals surface area contributed by atoms with Crippen LogP contribution in [-0.2, 0) is 6.54 Å². The smallest absolute Gasteiger partial charge is 0.354 e. The van der Waals surface area contributed by atoms with Gasteiger partial charge in [-0.2, -0.15) is 5.10 Å². The molecule has 0 bridgehead atoms. The molecule has 0 radical (unpaired) electrons. The Morgan fingerprint density at radius 3 is 3.14 bits per heavy atom. The fourth-order valence-electron chi connectivity index (χ4n) is 3.25. The van der Waals surface area contributed by atoms with Gasteiger partial charge in [-0.15, -0.1) is 0 Å². The first-order valence-corrected chi connectivity index (χ1v) is 7.68. The Bertz CT molecular complexity index is 665. The molecule has 0 amide bonds. The summed E-state index contributed by atoms with van der Waals surface area (Å²) < 4.78 is 0. The number of carboxylic acids is 1. The summed E-state index contributed by atoms with van der Waals surface area (Å²) in [4.78, 5) is 13.5. The van der Waals surface area contributed by atoms with Gasteiger partial charge >= 0.3 is 5.97 Å². The van der Waals surface area contributed by atoms with Crippen molar-refractivity contribution in [2.75, 3.05) is 13.1 Å². The molecule has 1 aliphatic rings. The van der Waals surface area contributed by atoms with Crippen LogP contribution >= 0.6 is 0 Å². The molecule has 1 aromatic heterocycles. The molecule has 2 aromatic rings. The Kier molecular flexibility index (Phi) is 4.24. The number of benzene rings is 1. The third kappa shape index (κ3) is 3.20. The summed E-state index contributed by atoms with van der Waals surface area (Å²) in [6, 6.07) is 8.69. The third-order valence-electron chi connectivity index (χ3n) is 4.34. The van der Waals surface area contributed by atoms with E-state index in [1.165, 1.54) is 17.5 Å². The van der Waals surface area contributed by atoms with Gasteiger partial charge in [0.15, 0.2) is 0 Å². The number of carbonyl (C=O) groups is 1. The second-order valence-corrected chi connectivity index (χ2v) is 6.06. The highest BCUT2D eigenvalue weighted by Crippen LogP contribution is 2.28. The van der Waals surface area contributed by atoms with E-state index in [1.807, 2.05) is 0 Å². The van der Waals surface area contributed by atoms with Gasteiger partial charge in [0, 0.05) is 18.7 Å². The Labute approximate surface area is 130 Å². The number of likely N-dealkylation sites (tertiary alicyclic amines) is 1. The summed E-state index contributed by atoms with van der Waals surface area (Å²) in [6.07, 6.45) is 3.95. The molecule has 5 heteroatoms. The first-order valence-electron chi connectivity index (χ1n) is 7.68. The topological polar surface area (TPSA) is 69.2 Å². The monoisotopic (exact) mass is 299 g/mol. The molecule has 0 aliphatic carbocycles. The minimum absolute atomic E-state index is 0.206. The van der Waals surface area contributed by atoms with E-state index in [9.17, 15) is 4.79 Å². The number of hydrogen-bond donors (Lipinski definition) is 2. The van der Waals surface area contributed by atoms with Crippen LogP contribution in [0.3, 0.4) is 0 Å². The molecule has 22 heavy (non-hydrogen) atoms. The Morgan fingerprint density at radius 2 is 2.36 bits per heavy atom. The standard InChI is InChI=1S/C17H21N3O2/c1-12-4-2-5-13(8-12)14-6-3-7-20(10-14)11-15-9-18-19-16(15)17(21)22/h2,4-5,8-9,14H,3,6-7,10-11H2,1H3,(H,18,19)(H,21,22). The molecule has 1 saturated heterocycles. The van der Waals surface area contributed by atoms with Crippen LogP contribution in [0.1, 0.15) is 45.9 Å². The largest absolute Gasteiger partial charge is 0.477 e. The van der Waals surface area contributed by atoms with E-state index in [4.69, 9.17) is 5.11 Å². The molecular weight excluding hydrogens is 278 g/mol. The lowest BCUT2D eigenvalue weighted by Crippen LogP contribution is -2.34. The first-order chi connectivity index (χ1) is 10.6. The highest BCUT2D eigenvalue weighted by Gasteiger charge is 2.23. The second-order valence-electron chi connectivity index (χ2n) is 6.06. The second kappa shape index (κ2) is 6.32. The fourth-order valence-corrected chi connectivity index (χ4v) is 3.25. The van der Waals surface area contributed by atoms with Crippen LogP contribution in [0.2, 0.25) is 0 Å². The van der Waals surface area contributed by atoms with E-state index in [1.54, 1.807) is 6.20 Å². The number of aryl methyl sites for hydroxylation is 1. The van der Waals surface area contributed by atoms with Gasteiger partial charge in [0.25, 0.3) is 0 Å². The highest BCUT2D eigenvalue weighted by molar-refractivity contribution is 5.86. The minimum atomic E-state index is -0.945. The van der Waals surface area contributed by atoms with E-state index in [0.717, 1.165) is 25.1 Å². The Hall–Kier alpha value is -2.14. The number of rotatable bonds is 4. The lowest BCUT2D eigenvalue weighted by atomic mass is 9.89. The summed E-state index contributed by atoms with van der Waals surface area (Å²) in [5.74, 6) is -0.423. The van der Waals surface area contributed by atoms with E-state index < -0.39 is 5.97 Å². The molecule has 1 aromatic carbocycles. The quantitative estimate of drug-likeness (QED) is 0.911. The molecular formula is C17H21N3O2. The van der Waals surface area contributed by atoms with Crippen molar-refractivity contribution in [1.82, 2.24) is 15.1 Å². The SMILES string of the molecule is Cc1cccc(C2CCCN(Cc3cn[nH]c3C(=O)O)C2)c1. The molecule has 2 N–H and O–H groups in total. The van der Waals surface area contributed by atoms with Crippen molar-refractivity contribution in [3.05, 3.63) is 52.8 Å². The minimum Gasteiger partial charge on any atom is -0.477 e. The number of H-pyrrole nitrogens is 1. The predicted molar refractivity (Wildman–Crippen MR) is 84.0 cm³/mol. The van der Waals surface area contributed by atoms with Gasteiger partial charge in [0.1, 0.15) is 5.69 Å². The zero-order chi connectivity index (χ0) is 15.5. The summed E-state index contributed by atoms with van der Waals surface area (Å²) in [5.41, 5.74) is 3.64. The van der Waals surface area contributed by atoms with E-state index in [-0.39, 0.29) is 5.69 Å². The van der Waals surface area contributed by atoms with Crippen LogP contribution in [0.4, 0.5) is 0 Å². The molecule has 1 unspecified atom stereocenters. The summed E-state index contributed by atoms with van der Waals surface area (Å²) >= 11 is 0. The fraction of sp³-hybridized carbons (Fsp3) is 0.412. The molecule has 3 rings (SSSR count). The maximum Gasteiger partial charge on any atom is 0.354 e. The van der Waals surface area contributed by atoms with Crippen LogP contribution in [0.15, 0.2) is 30.5 Å². The van der Waals surface area contributed by atoms with Crippen LogP contribution in [0.25, 0.3) is 0 Å². The number of nitrogens with one attached hydrogen (secondary N) is 1. The molecule has 5 nitrogen and oxygen atoms in total. The molecule has 1 fully saturated rings. The van der Waals surface area contributed by atoms with Crippen molar-refractivity contribution in [1.29, 1.82) is 0 Å². The van der Waals surface area contributed by atoms with Crippen molar-refractivity contribution in [2.24, 2.45) is 0 Å². The zero-order valence-electron chi connectivity index (χ0n) is 12.7. The number of aromatic carboxylic acids is 1. The Balaban J connectivity index is 1.71. The van der Waals surface area contributed by atoms with E-state index >= 15 is 0 Å². The molecule has 116 valence electrons. The van der Waals surface area contributed by atoms with Crippen LogP contribution in [-0.4, -0.2) is 39.3 Å². The zero-order valence-corrected chi connectivity index (χ0v) is 12.7. The molecule has 1 atom stereocenters. The highest BCUT2D eigenvalue weighted by atomic mass is 16.4. The van der Waals surface area contributed by atoms with E-state index in [2.05, 4.69) is 46.3 Å². The van der Waals surface area contributed by atoms with E-state index in [0.29, 0.717) is 12.5 Å². The number of piperidine rings is 1. The summed E-state index contributed by atoms with van der Waals surface area (Å²) in [6.45, 7) is 4.73. The Morgan fingerprint density at radius 1 is 1.50 bits per heavy atom. The van der Waals surface area contributed by atoms with Gasteiger partial charge in [0.2, 0.25) is 0 Å². The number of carboxylic acid groups (broad SMARTS) is 1.